The fraction of sp³-hybridized carbons (Fsp3) is 0.250. The van der Waals surface area contributed by atoms with Crippen LogP contribution >= 0.6 is 22.9 Å². The number of anilines is 1. The Kier molecular flexibility index (Phi) is 5.61. The van der Waals surface area contributed by atoms with Gasteiger partial charge in [0.15, 0.2) is 0 Å². The largest absolute Gasteiger partial charge is 0.494 e. The van der Waals surface area contributed by atoms with Crippen LogP contribution in [0, 0.1) is 5.92 Å². The second-order valence-corrected chi connectivity index (χ2v) is 7.68. The number of rotatable bonds is 6. The van der Waals surface area contributed by atoms with Gasteiger partial charge in [0.1, 0.15) is 10.6 Å². The van der Waals surface area contributed by atoms with E-state index in [2.05, 4.69) is 19.2 Å². The molecule has 25 heavy (non-hydrogen) atoms. The number of nitrogens with one attached hydrogen (secondary N) is 1. The summed E-state index contributed by atoms with van der Waals surface area (Å²) in [5, 5.41) is 4.31. The zero-order valence-electron chi connectivity index (χ0n) is 14.2. The first-order chi connectivity index (χ1) is 12.0. The summed E-state index contributed by atoms with van der Waals surface area (Å²) < 4.78 is 6.69. The van der Waals surface area contributed by atoms with Crippen molar-refractivity contribution in [1.82, 2.24) is 0 Å². The predicted octanol–water partition coefficient (Wildman–Crippen LogP) is 6.23. The van der Waals surface area contributed by atoms with Gasteiger partial charge in [0.05, 0.1) is 11.6 Å². The van der Waals surface area contributed by atoms with Crippen molar-refractivity contribution in [3.8, 4) is 5.75 Å². The van der Waals surface area contributed by atoms with Crippen LogP contribution in [0.1, 0.15) is 29.9 Å². The third-order valence-electron chi connectivity index (χ3n) is 3.82. The minimum atomic E-state index is -0.195. The molecule has 0 fully saturated rings. The van der Waals surface area contributed by atoms with Gasteiger partial charge >= 0.3 is 0 Å². The van der Waals surface area contributed by atoms with E-state index in [-0.39, 0.29) is 5.91 Å². The molecule has 0 saturated carbocycles. The molecule has 1 heterocycles. The van der Waals surface area contributed by atoms with Crippen molar-refractivity contribution in [1.29, 1.82) is 0 Å². The number of carbonyl (C=O) groups is 1. The van der Waals surface area contributed by atoms with Crippen LogP contribution in [0.5, 0.6) is 5.75 Å². The average Bonchev–Trinajstić information content (AvgIpc) is 2.94. The Hall–Kier alpha value is -2.04. The van der Waals surface area contributed by atoms with E-state index in [1.807, 2.05) is 48.5 Å². The third kappa shape index (κ3) is 4.33. The quantitative estimate of drug-likeness (QED) is 0.556. The van der Waals surface area contributed by atoms with Crippen LogP contribution in [0.25, 0.3) is 10.1 Å². The van der Waals surface area contributed by atoms with Gasteiger partial charge in [-0.05, 0) is 42.7 Å². The molecule has 1 aromatic heterocycles. The third-order valence-corrected chi connectivity index (χ3v) is 5.49. The zero-order valence-corrected chi connectivity index (χ0v) is 15.8. The number of thiophene rings is 1. The van der Waals surface area contributed by atoms with E-state index in [4.69, 9.17) is 16.3 Å². The SMILES string of the molecule is CC(C)CCOc1ccc(NC(=O)c2sc3ccccc3c2Cl)cc1. The van der Waals surface area contributed by atoms with Gasteiger partial charge in [0.25, 0.3) is 5.91 Å². The van der Waals surface area contributed by atoms with Gasteiger partial charge in [0, 0.05) is 15.8 Å². The van der Waals surface area contributed by atoms with Gasteiger partial charge in [-0.3, -0.25) is 4.79 Å². The van der Waals surface area contributed by atoms with Crippen LogP contribution in [-0.2, 0) is 0 Å². The molecule has 0 atom stereocenters. The molecule has 1 amide bonds. The molecule has 3 nitrogen and oxygen atoms in total. The highest BCUT2D eigenvalue weighted by molar-refractivity contribution is 7.21. The lowest BCUT2D eigenvalue weighted by molar-refractivity contribution is 0.103. The van der Waals surface area contributed by atoms with Gasteiger partial charge in [-0.15, -0.1) is 11.3 Å². The Bertz CT molecular complexity index is 871. The Morgan fingerprint density at radius 2 is 1.88 bits per heavy atom. The number of amides is 1. The molecule has 1 N–H and O–H groups in total. The number of hydrogen-bond donors (Lipinski definition) is 1. The van der Waals surface area contributed by atoms with E-state index in [1.165, 1.54) is 11.3 Å². The summed E-state index contributed by atoms with van der Waals surface area (Å²) in [6.07, 6.45) is 1.02. The predicted molar refractivity (Wildman–Crippen MR) is 106 cm³/mol. The first-order valence-electron chi connectivity index (χ1n) is 8.26. The van der Waals surface area contributed by atoms with Crippen molar-refractivity contribution in [3.05, 3.63) is 58.4 Å². The number of fused-ring (bicyclic) bond motifs is 1. The molecule has 0 aliphatic heterocycles. The Morgan fingerprint density at radius 3 is 2.56 bits per heavy atom. The molecule has 0 unspecified atom stereocenters. The van der Waals surface area contributed by atoms with Crippen LogP contribution < -0.4 is 10.1 Å². The maximum Gasteiger partial charge on any atom is 0.267 e. The fourth-order valence-electron chi connectivity index (χ4n) is 2.39. The molecule has 0 saturated heterocycles. The molecule has 2 aromatic carbocycles. The van der Waals surface area contributed by atoms with Gasteiger partial charge in [0.2, 0.25) is 0 Å². The summed E-state index contributed by atoms with van der Waals surface area (Å²) in [5.74, 6) is 1.22. The number of hydrogen-bond acceptors (Lipinski definition) is 3. The van der Waals surface area contributed by atoms with Crippen LogP contribution in [0.2, 0.25) is 5.02 Å². The maximum absolute atomic E-state index is 12.5. The van der Waals surface area contributed by atoms with E-state index < -0.39 is 0 Å². The van der Waals surface area contributed by atoms with Crippen LogP contribution in [0.4, 0.5) is 5.69 Å². The first-order valence-corrected chi connectivity index (χ1v) is 9.45. The molecule has 0 aliphatic carbocycles. The molecule has 0 bridgehead atoms. The van der Waals surface area contributed by atoms with Crippen molar-refractivity contribution < 1.29 is 9.53 Å². The average molecular weight is 374 g/mol. The molecule has 5 heteroatoms. The Morgan fingerprint density at radius 1 is 1.16 bits per heavy atom. The molecule has 0 radical (unpaired) electrons. The topological polar surface area (TPSA) is 38.3 Å². The van der Waals surface area contributed by atoms with Gasteiger partial charge < -0.3 is 10.1 Å². The summed E-state index contributed by atoms with van der Waals surface area (Å²) in [6, 6.07) is 15.1. The summed E-state index contributed by atoms with van der Waals surface area (Å²) in [7, 11) is 0. The molecule has 3 aromatic rings. The van der Waals surface area contributed by atoms with Crippen molar-refractivity contribution in [2.24, 2.45) is 5.92 Å². The number of halogens is 1. The highest BCUT2D eigenvalue weighted by atomic mass is 35.5. The lowest BCUT2D eigenvalue weighted by atomic mass is 10.1. The minimum absolute atomic E-state index is 0.195. The van der Waals surface area contributed by atoms with E-state index in [1.54, 1.807) is 0 Å². The van der Waals surface area contributed by atoms with Crippen LogP contribution in [-0.4, -0.2) is 12.5 Å². The second-order valence-electron chi connectivity index (χ2n) is 6.25. The van der Waals surface area contributed by atoms with E-state index in [0.29, 0.717) is 22.4 Å². The van der Waals surface area contributed by atoms with Crippen molar-refractivity contribution in [3.63, 3.8) is 0 Å². The Balaban J connectivity index is 1.67. The van der Waals surface area contributed by atoms with E-state index >= 15 is 0 Å². The van der Waals surface area contributed by atoms with Crippen molar-refractivity contribution in [2.75, 3.05) is 11.9 Å². The van der Waals surface area contributed by atoms with Gasteiger partial charge in [-0.2, -0.15) is 0 Å². The summed E-state index contributed by atoms with van der Waals surface area (Å²) in [6.45, 7) is 5.03. The Labute approximate surface area is 156 Å². The molecule has 0 spiro atoms. The lowest BCUT2D eigenvalue weighted by Gasteiger charge is -2.09. The van der Waals surface area contributed by atoms with E-state index in [0.717, 1.165) is 27.9 Å². The summed E-state index contributed by atoms with van der Waals surface area (Å²) >= 11 is 7.76. The number of benzene rings is 2. The highest BCUT2D eigenvalue weighted by Gasteiger charge is 2.17. The van der Waals surface area contributed by atoms with Crippen molar-refractivity contribution in [2.45, 2.75) is 20.3 Å². The smallest absolute Gasteiger partial charge is 0.267 e. The molecule has 3 rings (SSSR count). The summed E-state index contributed by atoms with van der Waals surface area (Å²) in [5.41, 5.74) is 0.717. The zero-order chi connectivity index (χ0) is 17.8. The molecular formula is C20H20ClNO2S. The molecular weight excluding hydrogens is 354 g/mol. The number of carbonyl (C=O) groups excluding carboxylic acids is 1. The molecule has 0 aliphatic rings. The maximum atomic E-state index is 12.5. The minimum Gasteiger partial charge on any atom is -0.494 e. The monoisotopic (exact) mass is 373 g/mol. The van der Waals surface area contributed by atoms with Crippen LogP contribution in [0.15, 0.2) is 48.5 Å². The van der Waals surface area contributed by atoms with E-state index in [9.17, 15) is 4.79 Å². The number of ether oxygens (including phenoxy) is 1. The normalized spacial score (nSPS) is 11.0. The second kappa shape index (κ2) is 7.89. The molecule has 130 valence electrons. The van der Waals surface area contributed by atoms with Gasteiger partial charge in [-0.25, -0.2) is 0 Å². The fourth-order valence-corrected chi connectivity index (χ4v) is 3.81. The first kappa shape index (κ1) is 17.8. The highest BCUT2D eigenvalue weighted by Crippen LogP contribution is 2.35. The van der Waals surface area contributed by atoms with Gasteiger partial charge in [-0.1, -0.05) is 43.6 Å². The van der Waals surface area contributed by atoms with Crippen molar-refractivity contribution >= 4 is 44.6 Å². The summed E-state index contributed by atoms with van der Waals surface area (Å²) in [4.78, 5) is 13.0. The lowest BCUT2D eigenvalue weighted by Crippen LogP contribution is -2.10. The standard InChI is InChI=1S/C20H20ClNO2S/c1-13(2)11-12-24-15-9-7-14(8-10-15)22-20(23)19-18(21)16-5-3-4-6-17(16)25-19/h3-10,13H,11-12H2,1-2H3,(H,22,23). The van der Waals surface area contributed by atoms with Crippen LogP contribution in [0.3, 0.4) is 0 Å².